The van der Waals surface area contributed by atoms with Crippen LogP contribution in [0.15, 0.2) is 36.4 Å². The Kier molecular flexibility index (Phi) is 5.31. The molecule has 0 fully saturated rings. The molecule has 0 saturated carbocycles. The zero-order valence-electron chi connectivity index (χ0n) is 11.8. The highest BCUT2D eigenvalue weighted by Crippen LogP contribution is 2.37. The molecule has 0 radical (unpaired) electrons. The van der Waals surface area contributed by atoms with E-state index in [0.717, 1.165) is 17.5 Å². The minimum Gasteiger partial charge on any atom is -0.508 e. The standard InChI is InChI=1S/C16H18ClNO3/c1-20-15-9-11(5-6-18)8-14(17)16(15)21-10-12-3-2-4-13(19)7-12/h2-4,7-9,19H,5-6,10,18H2,1H3. The third-order valence-electron chi connectivity index (χ3n) is 3.02. The molecule has 0 heterocycles. The predicted octanol–water partition coefficient (Wildman–Crippen LogP) is 3.13. The highest BCUT2D eigenvalue weighted by atomic mass is 35.5. The second-order valence-corrected chi connectivity index (χ2v) is 5.01. The summed E-state index contributed by atoms with van der Waals surface area (Å²) in [6.07, 6.45) is 0.725. The van der Waals surface area contributed by atoms with E-state index in [1.54, 1.807) is 25.3 Å². The van der Waals surface area contributed by atoms with Crippen LogP contribution in [0.5, 0.6) is 17.2 Å². The van der Waals surface area contributed by atoms with Crippen LogP contribution in [0.25, 0.3) is 0 Å². The third kappa shape index (κ3) is 4.03. The van der Waals surface area contributed by atoms with Gasteiger partial charge in [-0.1, -0.05) is 23.7 Å². The molecular weight excluding hydrogens is 290 g/mol. The van der Waals surface area contributed by atoms with E-state index in [2.05, 4.69) is 0 Å². The van der Waals surface area contributed by atoms with Crippen LogP contribution in [-0.4, -0.2) is 18.8 Å². The van der Waals surface area contributed by atoms with E-state index in [4.69, 9.17) is 26.8 Å². The fraction of sp³-hybridized carbons (Fsp3) is 0.250. The van der Waals surface area contributed by atoms with E-state index in [9.17, 15) is 5.11 Å². The number of aromatic hydroxyl groups is 1. The summed E-state index contributed by atoms with van der Waals surface area (Å²) >= 11 is 6.25. The Morgan fingerprint density at radius 3 is 2.67 bits per heavy atom. The molecule has 4 nitrogen and oxygen atoms in total. The van der Waals surface area contributed by atoms with Crippen molar-refractivity contribution >= 4 is 11.6 Å². The normalized spacial score (nSPS) is 10.4. The molecule has 0 atom stereocenters. The van der Waals surface area contributed by atoms with Crippen LogP contribution in [-0.2, 0) is 13.0 Å². The lowest BCUT2D eigenvalue weighted by molar-refractivity contribution is 0.284. The maximum Gasteiger partial charge on any atom is 0.180 e. The number of nitrogens with two attached hydrogens (primary N) is 1. The lowest BCUT2D eigenvalue weighted by Crippen LogP contribution is -2.04. The minimum atomic E-state index is 0.201. The maximum atomic E-state index is 9.44. The molecule has 0 amide bonds. The van der Waals surface area contributed by atoms with Gasteiger partial charge < -0.3 is 20.3 Å². The van der Waals surface area contributed by atoms with Crippen LogP contribution in [0.4, 0.5) is 0 Å². The first-order valence-corrected chi connectivity index (χ1v) is 6.99. The molecule has 0 bridgehead atoms. The number of rotatable bonds is 6. The Labute approximate surface area is 129 Å². The van der Waals surface area contributed by atoms with Crippen molar-refractivity contribution in [3.05, 3.63) is 52.5 Å². The first-order valence-electron chi connectivity index (χ1n) is 6.61. The summed E-state index contributed by atoms with van der Waals surface area (Å²) in [5.41, 5.74) is 7.40. The topological polar surface area (TPSA) is 64.7 Å². The van der Waals surface area contributed by atoms with E-state index in [1.165, 1.54) is 0 Å². The molecular formula is C16H18ClNO3. The average molecular weight is 308 g/mol. The monoisotopic (exact) mass is 307 g/mol. The lowest BCUT2D eigenvalue weighted by Gasteiger charge is -2.14. The summed E-state index contributed by atoms with van der Waals surface area (Å²) in [5, 5.41) is 9.93. The largest absolute Gasteiger partial charge is 0.508 e. The molecule has 0 aliphatic rings. The average Bonchev–Trinajstić information content (AvgIpc) is 2.46. The van der Waals surface area contributed by atoms with Gasteiger partial charge in [-0.15, -0.1) is 0 Å². The molecule has 2 aromatic carbocycles. The van der Waals surface area contributed by atoms with Gasteiger partial charge in [0.05, 0.1) is 12.1 Å². The maximum absolute atomic E-state index is 9.44. The van der Waals surface area contributed by atoms with Gasteiger partial charge in [0.2, 0.25) is 0 Å². The van der Waals surface area contributed by atoms with Crippen molar-refractivity contribution in [3.63, 3.8) is 0 Å². The zero-order valence-corrected chi connectivity index (χ0v) is 12.6. The number of benzene rings is 2. The number of hydrogen-bond acceptors (Lipinski definition) is 4. The van der Waals surface area contributed by atoms with Gasteiger partial charge in [-0.05, 0) is 48.4 Å². The highest BCUT2D eigenvalue weighted by molar-refractivity contribution is 6.32. The molecule has 21 heavy (non-hydrogen) atoms. The van der Waals surface area contributed by atoms with Crippen molar-refractivity contribution in [3.8, 4) is 17.2 Å². The van der Waals surface area contributed by atoms with Crippen molar-refractivity contribution in [2.45, 2.75) is 13.0 Å². The van der Waals surface area contributed by atoms with E-state index < -0.39 is 0 Å². The van der Waals surface area contributed by atoms with Gasteiger partial charge in [-0.25, -0.2) is 0 Å². The number of phenolic OH excluding ortho intramolecular Hbond substituents is 1. The molecule has 0 aliphatic carbocycles. The van der Waals surface area contributed by atoms with E-state index >= 15 is 0 Å². The first kappa shape index (κ1) is 15.5. The zero-order chi connectivity index (χ0) is 15.2. The van der Waals surface area contributed by atoms with Crippen LogP contribution < -0.4 is 15.2 Å². The molecule has 0 aliphatic heterocycles. The third-order valence-corrected chi connectivity index (χ3v) is 3.30. The van der Waals surface area contributed by atoms with Crippen LogP contribution in [0.1, 0.15) is 11.1 Å². The molecule has 2 rings (SSSR count). The van der Waals surface area contributed by atoms with Crippen molar-refractivity contribution in [2.24, 2.45) is 5.73 Å². The van der Waals surface area contributed by atoms with Gasteiger partial charge >= 0.3 is 0 Å². The lowest BCUT2D eigenvalue weighted by atomic mass is 10.1. The van der Waals surface area contributed by atoms with Crippen molar-refractivity contribution in [2.75, 3.05) is 13.7 Å². The Balaban J connectivity index is 2.19. The van der Waals surface area contributed by atoms with Crippen LogP contribution >= 0.6 is 11.6 Å². The first-order chi connectivity index (χ1) is 10.1. The highest BCUT2D eigenvalue weighted by Gasteiger charge is 2.12. The van der Waals surface area contributed by atoms with Crippen molar-refractivity contribution in [1.29, 1.82) is 0 Å². The molecule has 0 aromatic heterocycles. The summed E-state index contributed by atoms with van der Waals surface area (Å²) in [6, 6.07) is 10.6. The Morgan fingerprint density at radius 1 is 1.19 bits per heavy atom. The number of hydrogen-bond donors (Lipinski definition) is 2. The van der Waals surface area contributed by atoms with Crippen LogP contribution in [0.2, 0.25) is 5.02 Å². The second-order valence-electron chi connectivity index (χ2n) is 4.61. The van der Waals surface area contributed by atoms with Gasteiger partial charge in [0.15, 0.2) is 11.5 Å². The molecule has 5 heteroatoms. The summed E-state index contributed by atoms with van der Waals surface area (Å²) < 4.78 is 11.1. The van der Waals surface area contributed by atoms with Gasteiger partial charge in [-0.3, -0.25) is 0 Å². The summed E-state index contributed by atoms with van der Waals surface area (Å²) in [6.45, 7) is 0.837. The fourth-order valence-electron chi connectivity index (χ4n) is 2.03. The van der Waals surface area contributed by atoms with E-state index in [0.29, 0.717) is 29.7 Å². The fourth-order valence-corrected chi connectivity index (χ4v) is 2.31. The van der Waals surface area contributed by atoms with Gasteiger partial charge in [0.1, 0.15) is 12.4 Å². The summed E-state index contributed by atoms with van der Waals surface area (Å²) in [7, 11) is 1.57. The molecule has 3 N–H and O–H groups in total. The van der Waals surface area contributed by atoms with Gasteiger partial charge in [0, 0.05) is 0 Å². The van der Waals surface area contributed by atoms with Crippen LogP contribution in [0.3, 0.4) is 0 Å². The summed E-state index contributed by atoms with van der Waals surface area (Å²) in [5.74, 6) is 1.27. The number of halogens is 1. The SMILES string of the molecule is COc1cc(CCN)cc(Cl)c1OCc1cccc(O)c1. The Morgan fingerprint density at radius 2 is 2.00 bits per heavy atom. The Bertz CT molecular complexity index is 616. The van der Waals surface area contributed by atoms with Crippen molar-refractivity contribution < 1.29 is 14.6 Å². The molecule has 0 spiro atoms. The van der Waals surface area contributed by atoms with Gasteiger partial charge in [0.25, 0.3) is 0 Å². The van der Waals surface area contributed by atoms with E-state index in [1.807, 2.05) is 18.2 Å². The van der Waals surface area contributed by atoms with Crippen molar-refractivity contribution in [1.82, 2.24) is 0 Å². The molecule has 2 aromatic rings. The minimum absolute atomic E-state index is 0.201. The van der Waals surface area contributed by atoms with Crippen LogP contribution in [0, 0.1) is 0 Å². The molecule has 0 saturated heterocycles. The molecule has 0 unspecified atom stereocenters. The second kappa shape index (κ2) is 7.20. The Hall–Kier alpha value is -1.91. The van der Waals surface area contributed by atoms with Gasteiger partial charge in [-0.2, -0.15) is 0 Å². The number of ether oxygens (including phenoxy) is 2. The quantitative estimate of drug-likeness (QED) is 0.860. The van der Waals surface area contributed by atoms with E-state index in [-0.39, 0.29) is 5.75 Å². The number of phenols is 1. The smallest absolute Gasteiger partial charge is 0.180 e. The summed E-state index contributed by atoms with van der Waals surface area (Å²) in [4.78, 5) is 0. The number of methoxy groups -OCH3 is 1. The molecule has 112 valence electrons. The predicted molar refractivity (Wildman–Crippen MR) is 83.2 cm³/mol.